The van der Waals surface area contributed by atoms with E-state index in [1.807, 2.05) is 19.1 Å². The average molecular weight is 330 g/mol. The van der Waals surface area contributed by atoms with E-state index < -0.39 is 12.7 Å². The zero-order valence-electron chi connectivity index (χ0n) is 14.0. The van der Waals surface area contributed by atoms with Crippen LogP contribution in [0.1, 0.15) is 43.5 Å². The second-order valence-corrected chi connectivity index (χ2v) is 5.87. The Morgan fingerprint density at radius 2 is 2.04 bits per heavy atom. The summed E-state index contributed by atoms with van der Waals surface area (Å²) in [7, 11) is 0. The van der Waals surface area contributed by atoms with Crippen LogP contribution in [0.3, 0.4) is 0 Å². The van der Waals surface area contributed by atoms with E-state index in [2.05, 4.69) is 24.1 Å². The smallest absolute Gasteiger partial charge is 0.401 e. The minimum atomic E-state index is -4.20. The number of likely N-dealkylation sites (N-methyl/N-ethyl adjacent to an activating group) is 1. The molecule has 1 aromatic carbocycles. The first-order valence-electron chi connectivity index (χ1n) is 8.15. The normalized spacial score (nSPS) is 18.8. The summed E-state index contributed by atoms with van der Waals surface area (Å²) in [6, 6.07) is 4.32. The van der Waals surface area contributed by atoms with E-state index in [9.17, 15) is 13.2 Å². The van der Waals surface area contributed by atoms with Gasteiger partial charge in [0.1, 0.15) is 5.75 Å². The Labute approximate surface area is 135 Å². The third-order valence-corrected chi connectivity index (χ3v) is 4.34. The van der Waals surface area contributed by atoms with Gasteiger partial charge in [0.25, 0.3) is 0 Å². The first-order valence-corrected chi connectivity index (χ1v) is 8.15. The van der Waals surface area contributed by atoms with Crippen molar-refractivity contribution in [3.05, 3.63) is 28.8 Å². The van der Waals surface area contributed by atoms with E-state index in [-0.39, 0.29) is 6.54 Å². The maximum absolute atomic E-state index is 12.3. The van der Waals surface area contributed by atoms with E-state index in [1.165, 1.54) is 11.1 Å². The summed E-state index contributed by atoms with van der Waals surface area (Å²) in [4.78, 5) is 2.39. The molecule has 23 heavy (non-hydrogen) atoms. The zero-order valence-corrected chi connectivity index (χ0v) is 14.0. The molecule has 1 aliphatic heterocycles. The van der Waals surface area contributed by atoms with Gasteiger partial charge in [-0.3, -0.25) is 4.90 Å². The molecule has 3 nitrogen and oxygen atoms in total. The highest BCUT2D eigenvalue weighted by molar-refractivity contribution is 5.45. The lowest BCUT2D eigenvalue weighted by Gasteiger charge is -2.35. The molecule has 1 aromatic rings. The maximum Gasteiger partial charge on any atom is 0.401 e. The van der Waals surface area contributed by atoms with Crippen molar-refractivity contribution >= 4 is 0 Å². The molecule has 0 fully saturated rings. The van der Waals surface area contributed by atoms with Crippen molar-refractivity contribution in [2.24, 2.45) is 0 Å². The number of nitrogens with zero attached hydrogens (tertiary/aromatic N) is 1. The lowest BCUT2D eigenvalue weighted by Crippen LogP contribution is -2.34. The number of alkyl halides is 3. The summed E-state index contributed by atoms with van der Waals surface area (Å²) in [6.07, 6.45) is -3.28. The van der Waals surface area contributed by atoms with Crippen molar-refractivity contribution < 1.29 is 17.9 Å². The Morgan fingerprint density at radius 1 is 1.30 bits per heavy atom. The van der Waals surface area contributed by atoms with Gasteiger partial charge in [0.05, 0.1) is 13.2 Å². The summed E-state index contributed by atoms with van der Waals surface area (Å²) in [5.74, 6) is 0.686. The van der Waals surface area contributed by atoms with Gasteiger partial charge < -0.3 is 10.1 Å². The van der Waals surface area contributed by atoms with E-state index in [0.29, 0.717) is 18.4 Å². The topological polar surface area (TPSA) is 24.5 Å². The van der Waals surface area contributed by atoms with Gasteiger partial charge >= 0.3 is 6.18 Å². The second-order valence-electron chi connectivity index (χ2n) is 5.87. The van der Waals surface area contributed by atoms with Crippen LogP contribution < -0.4 is 10.1 Å². The van der Waals surface area contributed by atoms with Gasteiger partial charge in [0.15, 0.2) is 0 Å². The summed E-state index contributed by atoms with van der Waals surface area (Å²) in [5.41, 5.74) is 3.24. The number of nitrogens with one attached hydrogen (secondary N) is 1. The molecule has 1 heterocycles. The van der Waals surface area contributed by atoms with Crippen LogP contribution in [0.4, 0.5) is 13.2 Å². The summed E-state index contributed by atoms with van der Waals surface area (Å²) < 4.78 is 42.6. The molecule has 1 N–H and O–H groups in total. The Morgan fingerprint density at radius 3 is 2.65 bits per heavy atom. The number of hydrogen-bond acceptors (Lipinski definition) is 3. The van der Waals surface area contributed by atoms with Crippen LogP contribution >= 0.6 is 0 Å². The van der Waals surface area contributed by atoms with E-state index in [4.69, 9.17) is 4.74 Å². The number of fused-ring (bicyclic) bond motifs is 1. The van der Waals surface area contributed by atoms with Crippen LogP contribution in [0.15, 0.2) is 12.1 Å². The Bertz CT molecular complexity index is 531. The molecule has 0 spiro atoms. The molecule has 2 rings (SSSR count). The first-order chi connectivity index (χ1) is 10.9. The van der Waals surface area contributed by atoms with Gasteiger partial charge in [0, 0.05) is 24.7 Å². The summed E-state index contributed by atoms with van der Waals surface area (Å²) >= 11 is 0. The Hall–Kier alpha value is -1.27. The molecular weight excluding hydrogens is 305 g/mol. The second kappa shape index (κ2) is 7.53. The van der Waals surface area contributed by atoms with Crippen molar-refractivity contribution in [1.82, 2.24) is 10.2 Å². The largest absolute Gasteiger partial charge is 0.494 e. The first kappa shape index (κ1) is 18.1. The fourth-order valence-corrected chi connectivity index (χ4v) is 3.15. The molecule has 1 unspecified atom stereocenters. The third kappa shape index (κ3) is 4.61. The van der Waals surface area contributed by atoms with Gasteiger partial charge in [-0.15, -0.1) is 0 Å². The molecule has 130 valence electrons. The molecule has 0 saturated carbocycles. The molecular formula is C17H25F3N2O. The fourth-order valence-electron chi connectivity index (χ4n) is 3.15. The number of hydrogen-bond donors (Lipinski definition) is 1. The molecule has 0 bridgehead atoms. The van der Waals surface area contributed by atoms with Crippen molar-refractivity contribution in [3.8, 4) is 5.75 Å². The molecule has 6 heteroatoms. The molecule has 1 aliphatic rings. The Kier molecular flexibility index (Phi) is 5.92. The lowest BCUT2D eigenvalue weighted by molar-refractivity contribution is -0.125. The molecule has 0 saturated heterocycles. The standard InChI is InChI=1S/C17H25F3N2O/c1-4-22-7-6-13-8-14(10-21-11-17(18,19)20)16(23-5-2)9-15(13)12(22)3/h8-9,12,21H,4-7,10-11H2,1-3H3. The maximum atomic E-state index is 12.3. The monoisotopic (exact) mass is 330 g/mol. The average Bonchev–Trinajstić information content (AvgIpc) is 2.48. The van der Waals surface area contributed by atoms with Crippen LogP contribution in [-0.4, -0.2) is 37.3 Å². The molecule has 1 atom stereocenters. The van der Waals surface area contributed by atoms with Gasteiger partial charge in [-0.2, -0.15) is 13.2 Å². The van der Waals surface area contributed by atoms with Crippen LogP contribution in [0.5, 0.6) is 5.75 Å². The SMILES string of the molecule is CCOc1cc2c(cc1CNCC(F)(F)F)CCN(CC)C2C. The minimum Gasteiger partial charge on any atom is -0.494 e. The number of ether oxygens (including phenoxy) is 1. The lowest BCUT2D eigenvalue weighted by atomic mass is 9.91. The highest BCUT2D eigenvalue weighted by Gasteiger charge is 2.27. The minimum absolute atomic E-state index is 0.161. The van der Waals surface area contributed by atoms with Crippen molar-refractivity contribution in [2.45, 2.75) is 46.0 Å². The number of rotatable bonds is 6. The summed E-state index contributed by atoms with van der Waals surface area (Å²) in [6.45, 7) is 7.82. The molecule has 0 radical (unpaired) electrons. The van der Waals surface area contributed by atoms with Crippen molar-refractivity contribution in [3.63, 3.8) is 0 Å². The highest BCUT2D eigenvalue weighted by atomic mass is 19.4. The Balaban J connectivity index is 2.22. The van der Waals surface area contributed by atoms with Crippen LogP contribution in [0, 0.1) is 0 Å². The number of benzene rings is 1. The molecule has 0 aliphatic carbocycles. The predicted molar refractivity (Wildman–Crippen MR) is 84.7 cm³/mol. The van der Waals surface area contributed by atoms with Gasteiger partial charge in [-0.05, 0) is 44.0 Å². The van der Waals surface area contributed by atoms with Crippen LogP contribution in [0.25, 0.3) is 0 Å². The zero-order chi connectivity index (χ0) is 17.0. The quantitative estimate of drug-likeness (QED) is 0.861. The van der Waals surface area contributed by atoms with E-state index in [1.54, 1.807) is 0 Å². The number of halogens is 3. The van der Waals surface area contributed by atoms with E-state index in [0.717, 1.165) is 25.1 Å². The van der Waals surface area contributed by atoms with Crippen molar-refractivity contribution in [1.29, 1.82) is 0 Å². The van der Waals surface area contributed by atoms with Gasteiger partial charge in [0.2, 0.25) is 0 Å². The van der Waals surface area contributed by atoms with Crippen molar-refractivity contribution in [2.75, 3.05) is 26.2 Å². The summed E-state index contributed by atoms with van der Waals surface area (Å²) in [5, 5.41) is 2.46. The van der Waals surface area contributed by atoms with Gasteiger partial charge in [-0.1, -0.05) is 13.0 Å². The van der Waals surface area contributed by atoms with Crippen LogP contribution in [0.2, 0.25) is 0 Å². The molecule has 0 amide bonds. The van der Waals surface area contributed by atoms with Crippen LogP contribution in [-0.2, 0) is 13.0 Å². The van der Waals surface area contributed by atoms with Gasteiger partial charge in [-0.25, -0.2) is 0 Å². The predicted octanol–water partition coefficient (Wildman–Crippen LogP) is 3.68. The fraction of sp³-hybridized carbons (Fsp3) is 0.647. The molecule has 0 aromatic heterocycles. The highest BCUT2D eigenvalue weighted by Crippen LogP contribution is 2.34. The third-order valence-electron chi connectivity index (χ3n) is 4.34. The van der Waals surface area contributed by atoms with E-state index >= 15 is 0 Å².